The van der Waals surface area contributed by atoms with E-state index in [0.29, 0.717) is 0 Å². The van der Waals surface area contributed by atoms with Crippen LogP contribution in [0.1, 0.15) is 53.2 Å². The van der Waals surface area contributed by atoms with E-state index in [-0.39, 0.29) is 10.8 Å². The lowest BCUT2D eigenvalue weighted by Gasteiger charge is -2.21. The van der Waals surface area contributed by atoms with Crippen LogP contribution in [-0.2, 0) is 10.8 Å². The monoisotopic (exact) mass is 180 g/mol. The second-order valence-corrected chi connectivity index (χ2v) is 5.46. The molecule has 1 heterocycles. The van der Waals surface area contributed by atoms with Gasteiger partial charge in [0.15, 0.2) is 0 Å². The molecule has 0 atom stereocenters. The fourth-order valence-corrected chi connectivity index (χ4v) is 0.875. The first-order valence-corrected chi connectivity index (χ1v) is 4.59. The Balaban J connectivity index is 3.01. The molecule has 0 aliphatic carbocycles. The number of rotatable bonds is 0. The first-order valence-electron chi connectivity index (χ1n) is 4.59. The lowest BCUT2D eigenvalue weighted by molar-refractivity contribution is 0.529. The zero-order valence-corrected chi connectivity index (χ0v) is 9.34. The van der Waals surface area contributed by atoms with E-state index < -0.39 is 0 Å². The summed E-state index contributed by atoms with van der Waals surface area (Å²) in [5.74, 6) is 1.66. The molecule has 0 saturated carbocycles. The maximum absolute atomic E-state index is 4.43. The van der Waals surface area contributed by atoms with Crippen molar-refractivity contribution in [1.29, 1.82) is 0 Å². The van der Waals surface area contributed by atoms with Gasteiger partial charge in [0.1, 0.15) is 0 Å². The molecule has 13 heavy (non-hydrogen) atoms. The number of aromatic nitrogens is 3. The normalized spacial score (nSPS) is 13.4. The van der Waals surface area contributed by atoms with Gasteiger partial charge in [-0.05, 0) is 22.5 Å². The Labute approximate surface area is 80.0 Å². The van der Waals surface area contributed by atoms with Crippen LogP contribution in [0, 0.1) is 0 Å². The zero-order valence-electron chi connectivity index (χ0n) is 9.34. The van der Waals surface area contributed by atoms with E-state index in [9.17, 15) is 0 Å². The predicted octanol–water partition coefficient (Wildman–Crippen LogP) is 2.03. The minimum Gasteiger partial charge on any atom is -0.366 e. The largest absolute Gasteiger partial charge is 0.366 e. The van der Waals surface area contributed by atoms with Crippen molar-refractivity contribution in [3.8, 4) is 0 Å². The Morgan fingerprint density at radius 1 is 0.769 bits per heavy atom. The van der Waals surface area contributed by atoms with E-state index in [0.717, 1.165) is 11.6 Å². The van der Waals surface area contributed by atoms with E-state index in [4.69, 9.17) is 0 Å². The Kier molecular flexibility index (Phi) is 2.22. The van der Waals surface area contributed by atoms with Gasteiger partial charge >= 0.3 is 0 Å². The molecule has 0 bridgehead atoms. The highest BCUT2D eigenvalue weighted by atomic mass is 15.2. The van der Waals surface area contributed by atoms with Crippen molar-refractivity contribution >= 4 is 0 Å². The van der Waals surface area contributed by atoms with Crippen molar-refractivity contribution in [3.63, 3.8) is 0 Å². The topological polar surface area (TPSA) is 39.9 Å². The van der Waals surface area contributed by atoms with Crippen molar-refractivity contribution < 1.29 is 0 Å². The third kappa shape index (κ3) is 2.29. The van der Waals surface area contributed by atoms with E-state index in [1.807, 2.05) is 0 Å². The molecule has 0 spiro atoms. The van der Waals surface area contributed by atoms with E-state index in [1.165, 1.54) is 0 Å². The Morgan fingerprint density at radius 2 is 1.08 bits per heavy atom. The summed E-state index contributed by atoms with van der Waals surface area (Å²) in [5.41, 5.74) is -0.00694. The second-order valence-electron chi connectivity index (χ2n) is 5.46. The third-order valence-corrected chi connectivity index (χ3v) is 1.79. The molecule has 0 aliphatic heterocycles. The number of hydrogen-bond donors (Lipinski definition) is 0. The number of nitrogens with zero attached hydrogens (tertiary/aromatic N) is 3. The summed E-state index contributed by atoms with van der Waals surface area (Å²) in [4.78, 5) is 4.43. The smallest absolute Gasteiger partial charge is 0.00482 e. The molecule has 0 aromatic carbocycles. The van der Waals surface area contributed by atoms with Crippen LogP contribution in [0.4, 0.5) is 0 Å². The molecule has 1 rings (SSSR count). The fraction of sp³-hybridized carbons (Fsp3) is 0.800. The maximum atomic E-state index is 4.43. The van der Waals surface area contributed by atoms with Crippen LogP contribution >= 0.6 is 0 Å². The van der Waals surface area contributed by atoms with Gasteiger partial charge in [-0.3, -0.25) is 0 Å². The SMILES string of the molecule is CC(C)(C)c1nnc(C(C)(C)C)[n-]1. The summed E-state index contributed by atoms with van der Waals surface area (Å²) >= 11 is 0. The Morgan fingerprint density at radius 3 is 1.23 bits per heavy atom. The Bertz CT molecular complexity index is 257. The summed E-state index contributed by atoms with van der Waals surface area (Å²) in [5, 5.41) is 8.19. The minimum atomic E-state index is -0.00347. The molecular formula is C10H18N3-. The van der Waals surface area contributed by atoms with Gasteiger partial charge in [0.05, 0.1) is 0 Å². The van der Waals surface area contributed by atoms with Crippen LogP contribution in [0.3, 0.4) is 0 Å². The van der Waals surface area contributed by atoms with Crippen molar-refractivity contribution in [1.82, 2.24) is 15.2 Å². The molecule has 0 saturated heterocycles. The standard InChI is InChI=1S/C10H18N3/c1-9(2,3)7-11-8(13-12-7)10(4,5)6/h1-6H3/q-1. The summed E-state index contributed by atoms with van der Waals surface area (Å²) in [6.07, 6.45) is 0. The summed E-state index contributed by atoms with van der Waals surface area (Å²) < 4.78 is 0. The van der Waals surface area contributed by atoms with E-state index in [1.54, 1.807) is 0 Å². The third-order valence-electron chi connectivity index (χ3n) is 1.79. The van der Waals surface area contributed by atoms with Gasteiger partial charge in [-0.25, -0.2) is 0 Å². The first kappa shape index (κ1) is 10.2. The molecule has 1 aromatic rings. The molecule has 0 N–H and O–H groups in total. The van der Waals surface area contributed by atoms with Crippen molar-refractivity contribution in [2.24, 2.45) is 0 Å². The molecule has 3 heteroatoms. The van der Waals surface area contributed by atoms with Gasteiger partial charge in [0.2, 0.25) is 0 Å². The van der Waals surface area contributed by atoms with Gasteiger partial charge in [0, 0.05) is 0 Å². The molecule has 74 valence electrons. The van der Waals surface area contributed by atoms with Crippen molar-refractivity contribution in [2.75, 3.05) is 0 Å². The van der Waals surface area contributed by atoms with Crippen LogP contribution in [0.2, 0.25) is 0 Å². The highest BCUT2D eigenvalue weighted by Crippen LogP contribution is 2.21. The lowest BCUT2D eigenvalue weighted by atomic mass is 9.94. The molecule has 0 unspecified atom stereocenters. The highest BCUT2D eigenvalue weighted by molar-refractivity contribution is 5.06. The molecule has 1 aromatic heterocycles. The maximum Gasteiger partial charge on any atom is -0.00482 e. The Hall–Kier alpha value is -0.860. The van der Waals surface area contributed by atoms with Gasteiger partial charge in [-0.1, -0.05) is 41.5 Å². The lowest BCUT2D eigenvalue weighted by Crippen LogP contribution is -2.17. The van der Waals surface area contributed by atoms with Crippen LogP contribution in [-0.4, -0.2) is 10.2 Å². The molecule has 3 nitrogen and oxygen atoms in total. The first-order chi connectivity index (χ1) is 5.71. The van der Waals surface area contributed by atoms with Crippen LogP contribution in [0.15, 0.2) is 0 Å². The minimum absolute atomic E-state index is 0.00347. The average molecular weight is 180 g/mol. The predicted molar refractivity (Wildman–Crippen MR) is 52.8 cm³/mol. The summed E-state index contributed by atoms with van der Waals surface area (Å²) in [6, 6.07) is 0. The van der Waals surface area contributed by atoms with Gasteiger partial charge < -0.3 is 15.2 Å². The average Bonchev–Trinajstić information content (AvgIpc) is 2.28. The zero-order chi connectivity index (χ0) is 10.3. The molecule has 0 radical (unpaired) electrons. The van der Waals surface area contributed by atoms with Crippen molar-refractivity contribution in [2.45, 2.75) is 52.4 Å². The molecular weight excluding hydrogens is 162 g/mol. The van der Waals surface area contributed by atoms with Gasteiger partial charge in [-0.15, -0.1) is 0 Å². The van der Waals surface area contributed by atoms with Crippen molar-refractivity contribution in [3.05, 3.63) is 11.6 Å². The quantitative estimate of drug-likeness (QED) is 0.613. The van der Waals surface area contributed by atoms with Crippen LogP contribution < -0.4 is 4.98 Å². The van der Waals surface area contributed by atoms with E-state index >= 15 is 0 Å². The van der Waals surface area contributed by atoms with E-state index in [2.05, 4.69) is 56.7 Å². The fourth-order valence-electron chi connectivity index (χ4n) is 0.875. The van der Waals surface area contributed by atoms with Crippen LogP contribution in [0.25, 0.3) is 0 Å². The van der Waals surface area contributed by atoms with Crippen LogP contribution in [0.5, 0.6) is 0 Å². The summed E-state index contributed by atoms with van der Waals surface area (Å²) in [7, 11) is 0. The highest BCUT2D eigenvalue weighted by Gasteiger charge is 2.16. The second kappa shape index (κ2) is 2.82. The van der Waals surface area contributed by atoms with Gasteiger partial charge in [-0.2, -0.15) is 0 Å². The van der Waals surface area contributed by atoms with Gasteiger partial charge in [0.25, 0.3) is 0 Å². The summed E-state index contributed by atoms with van der Waals surface area (Å²) in [6.45, 7) is 12.6. The molecule has 0 amide bonds. The molecule has 0 fully saturated rings. The number of hydrogen-bond acceptors (Lipinski definition) is 2. The molecule has 0 aliphatic rings.